The summed E-state index contributed by atoms with van der Waals surface area (Å²) in [6.07, 6.45) is 2.34. The van der Waals surface area contributed by atoms with Gasteiger partial charge in [-0.05, 0) is 30.5 Å². The number of piperidine rings is 1. The van der Waals surface area contributed by atoms with Gasteiger partial charge in [0.15, 0.2) is 0 Å². The summed E-state index contributed by atoms with van der Waals surface area (Å²) in [6.45, 7) is 0.845. The Morgan fingerprint density at radius 2 is 2.27 bits per heavy atom. The molecule has 0 spiro atoms. The summed E-state index contributed by atoms with van der Waals surface area (Å²) in [5, 5.41) is 3.37. The maximum absolute atomic E-state index is 13.0. The van der Waals surface area contributed by atoms with Crippen LogP contribution in [0.4, 0.5) is 4.39 Å². The average molecular weight is 209 g/mol. The molecule has 1 fully saturated rings. The molecule has 0 saturated carbocycles. The maximum Gasteiger partial charge on any atom is 0.123 e. The molecule has 0 amide bonds. The first-order valence-electron chi connectivity index (χ1n) is 5.31. The van der Waals surface area contributed by atoms with Crippen LogP contribution in [0.3, 0.4) is 0 Å². The smallest absolute Gasteiger partial charge is 0.123 e. The molecule has 2 atom stereocenters. The van der Waals surface area contributed by atoms with Crippen LogP contribution in [0.1, 0.15) is 24.4 Å². The largest absolute Gasteiger partial charge is 0.380 e. The van der Waals surface area contributed by atoms with E-state index in [1.54, 1.807) is 19.2 Å². The standard InChI is InChI=1S/C12H16FNO/c1-15-11-5-6-12(14-8-11)9-3-2-4-10(13)7-9/h2-4,7,11-12,14H,5-6,8H2,1H3. The third kappa shape index (κ3) is 2.55. The van der Waals surface area contributed by atoms with Crippen LogP contribution >= 0.6 is 0 Å². The van der Waals surface area contributed by atoms with Gasteiger partial charge in [0.1, 0.15) is 5.82 Å². The lowest BCUT2D eigenvalue weighted by Gasteiger charge is -2.29. The predicted molar refractivity (Wildman–Crippen MR) is 57.2 cm³/mol. The number of nitrogens with one attached hydrogen (secondary N) is 1. The fourth-order valence-electron chi connectivity index (χ4n) is 2.04. The molecular formula is C12H16FNO. The molecule has 2 nitrogen and oxygen atoms in total. The SMILES string of the molecule is COC1CCC(c2cccc(F)c2)NC1. The van der Waals surface area contributed by atoms with Crippen molar-refractivity contribution in [2.45, 2.75) is 25.0 Å². The minimum atomic E-state index is -0.164. The fraction of sp³-hybridized carbons (Fsp3) is 0.500. The Morgan fingerprint density at radius 3 is 2.87 bits per heavy atom. The lowest BCUT2D eigenvalue weighted by atomic mass is 9.96. The molecule has 2 unspecified atom stereocenters. The molecule has 1 saturated heterocycles. The van der Waals surface area contributed by atoms with E-state index in [0.717, 1.165) is 24.9 Å². The van der Waals surface area contributed by atoms with E-state index in [2.05, 4.69) is 5.32 Å². The van der Waals surface area contributed by atoms with Gasteiger partial charge in [-0.25, -0.2) is 4.39 Å². The van der Waals surface area contributed by atoms with Crippen molar-refractivity contribution in [1.29, 1.82) is 0 Å². The lowest BCUT2D eigenvalue weighted by Crippen LogP contribution is -2.37. The summed E-state index contributed by atoms with van der Waals surface area (Å²) in [6, 6.07) is 7.07. The third-order valence-corrected chi connectivity index (χ3v) is 2.95. The van der Waals surface area contributed by atoms with Gasteiger partial charge in [-0.2, -0.15) is 0 Å². The highest BCUT2D eigenvalue weighted by Gasteiger charge is 2.21. The molecule has 1 aliphatic heterocycles. The molecule has 15 heavy (non-hydrogen) atoms. The van der Waals surface area contributed by atoms with Gasteiger partial charge in [-0.15, -0.1) is 0 Å². The minimum Gasteiger partial charge on any atom is -0.380 e. The summed E-state index contributed by atoms with van der Waals surface area (Å²) in [5.74, 6) is -0.164. The first-order chi connectivity index (χ1) is 7.29. The lowest BCUT2D eigenvalue weighted by molar-refractivity contribution is 0.0704. The molecule has 0 aromatic heterocycles. The van der Waals surface area contributed by atoms with E-state index in [0.29, 0.717) is 6.10 Å². The highest BCUT2D eigenvalue weighted by Crippen LogP contribution is 2.24. The monoisotopic (exact) mass is 209 g/mol. The van der Waals surface area contributed by atoms with Crippen molar-refractivity contribution >= 4 is 0 Å². The zero-order chi connectivity index (χ0) is 10.7. The van der Waals surface area contributed by atoms with Crippen LogP contribution in [0, 0.1) is 5.82 Å². The molecular weight excluding hydrogens is 193 g/mol. The van der Waals surface area contributed by atoms with Gasteiger partial charge in [-0.1, -0.05) is 12.1 Å². The number of hydrogen-bond donors (Lipinski definition) is 1. The Labute approximate surface area is 89.4 Å². The molecule has 1 heterocycles. The number of rotatable bonds is 2. The van der Waals surface area contributed by atoms with Gasteiger partial charge in [0.05, 0.1) is 6.10 Å². The van der Waals surface area contributed by atoms with Gasteiger partial charge in [-0.3, -0.25) is 0 Å². The predicted octanol–water partition coefficient (Wildman–Crippen LogP) is 2.27. The van der Waals surface area contributed by atoms with Crippen LogP contribution in [0.2, 0.25) is 0 Å². The van der Waals surface area contributed by atoms with E-state index in [1.807, 2.05) is 6.07 Å². The number of ether oxygens (including phenoxy) is 1. The molecule has 3 heteroatoms. The summed E-state index contributed by atoms with van der Waals surface area (Å²) < 4.78 is 18.3. The number of hydrogen-bond acceptors (Lipinski definition) is 2. The van der Waals surface area contributed by atoms with Gasteiger partial charge >= 0.3 is 0 Å². The highest BCUT2D eigenvalue weighted by molar-refractivity contribution is 5.20. The second kappa shape index (κ2) is 4.73. The minimum absolute atomic E-state index is 0.164. The van der Waals surface area contributed by atoms with Crippen molar-refractivity contribution < 1.29 is 9.13 Å². The second-order valence-corrected chi connectivity index (χ2v) is 3.95. The Bertz CT molecular complexity index is 321. The quantitative estimate of drug-likeness (QED) is 0.806. The zero-order valence-electron chi connectivity index (χ0n) is 8.87. The summed E-state index contributed by atoms with van der Waals surface area (Å²) in [5.41, 5.74) is 1.03. The van der Waals surface area contributed by atoms with Crippen LogP contribution in [-0.4, -0.2) is 19.8 Å². The van der Waals surface area contributed by atoms with Crippen LogP contribution in [0.15, 0.2) is 24.3 Å². The number of methoxy groups -OCH3 is 1. The maximum atomic E-state index is 13.0. The molecule has 2 rings (SSSR count). The molecule has 82 valence electrons. The summed E-state index contributed by atoms with van der Waals surface area (Å²) >= 11 is 0. The number of benzene rings is 1. The zero-order valence-corrected chi connectivity index (χ0v) is 8.87. The van der Waals surface area contributed by atoms with Crippen LogP contribution in [0.5, 0.6) is 0 Å². The second-order valence-electron chi connectivity index (χ2n) is 3.95. The van der Waals surface area contributed by atoms with Crippen molar-refractivity contribution in [2.75, 3.05) is 13.7 Å². The average Bonchev–Trinajstić information content (AvgIpc) is 2.29. The molecule has 0 bridgehead atoms. The first kappa shape index (κ1) is 10.6. The summed E-state index contributed by atoms with van der Waals surface area (Å²) in [7, 11) is 1.73. The molecule has 1 aliphatic rings. The third-order valence-electron chi connectivity index (χ3n) is 2.95. The Hall–Kier alpha value is -0.930. The Balaban J connectivity index is 2.01. The van der Waals surface area contributed by atoms with Crippen molar-refractivity contribution in [3.8, 4) is 0 Å². The van der Waals surface area contributed by atoms with E-state index < -0.39 is 0 Å². The van der Waals surface area contributed by atoms with Crippen LogP contribution < -0.4 is 5.32 Å². The fourth-order valence-corrected chi connectivity index (χ4v) is 2.04. The van der Waals surface area contributed by atoms with E-state index in [-0.39, 0.29) is 11.9 Å². The van der Waals surface area contributed by atoms with Crippen molar-refractivity contribution in [2.24, 2.45) is 0 Å². The molecule has 1 aromatic carbocycles. The molecule has 0 aliphatic carbocycles. The normalized spacial score (nSPS) is 26.5. The van der Waals surface area contributed by atoms with Gasteiger partial charge in [0, 0.05) is 19.7 Å². The van der Waals surface area contributed by atoms with E-state index in [1.165, 1.54) is 6.07 Å². The van der Waals surface area contributed by atoms with Gasteiger partial charge < -0.3 is 10.1 Å². The highest BCUT2D eigenvalue weighted by atomic mass is 19.1. The van der Waals surface area contributed by atoms with Crippen LogP contribution in [-0.2, 0) is 4.74 Å². The van der Waals surface area contributed by atoms with Crippen molar-refractivity contribution in [3.63, 3.8) is 0 Å². The molecule has 1 N–H and O–H groups in total. The first-order valence-corrected chi connectivity index (χ1v) is 5.31. The Kier molecular flexibility index (Phi) is 3.34. The van der Waals surface area contributed by atoms with Gasteiger partial charge in [0.25, 0.3) is 0 Å². The number of halogens is 1. The Morgan fingerprint density at radius 1 is 1.40 bits per heavy atom. The summed E-state index contributed by atoms with van der Waals surface area (Å²) in [4.78, 5) is 0. The van der Waals surface area contributed by atoms with Crippen LogP contribution in [0.25, 0.3) is 0 Å². The van der Waals surface area contributed by atoms with E-state index in [4.69, 9.17) is 4.74 Å². The van der Waals surface area contributed by atoms with Crippen molar-refractivity contribution in [3.05, 3.63) is 35.6 Å². The van der Waals surface area contributed by atoms with Crippen molar-refractivity contribution in [1.82, 2.24) is 5.32 Å². The molecule has 0 radical (unpaired) electrons. The van der Waals surface area contributed by atoms with E-state index >= 15 is 0 Å². The topological polar surface area (TPSA) is 21.3 Å². The van der Waals surface area contributed by atoms with E-state index in [9.17, 15) is 4.39 Å². The van der Waals surface area contributed by atoms with Gasteiger partial charge in [0.2, 0.25) is 0 Å². The molecule has 1 aromatic rings.